The fourth-order valence-electron chi connectivity index (χ4n) is 4.07. The second-order valence-corrected chi connectivity index (χ2v) is 7.87. The minimum atomic E-state index is -0.0944. The van der Waals surface area contributed by atoms with Crippen molar-refractivity contribution in [3.05, 3.63) is 80.8 Å². The van der Waals surface area contributed by atoms with Crippen LogP contribution in [0, 0.1) is 11.8 Å². The van der Waals surface area contributed by atoms with Crippen molar-refractivity contribution in [1.29, 1.82) is 0 Å². The Morgan fingerprint density at radius 2 is 1.56 bits per heavy atom. The van der Waals surface area contributed by atoms with Gasteiger partial charge in [-0.2, -0.15) is 0 Å². The highest BCUT2D eigenvalue weighted by Crippen LogP contribution is 2.49. The third-order valence-corrected chi connectivity index (χ3v) is 6.04. The van der Waals surface area contributed by atoms with E-state index in [4.69, 9.17) is 34.8 Å². The van der Waals surface area contributed by atoms with E-state index in [9.17, 15) is 4.79 Å². The van der Waals surface area contributed by atoms with Crippen LogP contribution in [-0.2, 0) is 4.79 Å². The van der Waals surface area contributed by atoms with Crippen LogP contribution in [0.1, 0.15) is 23.0 Å². The van der Waals surface area contributed by atoms with Gasteiger partial charge in [0.1, 0.15) is 0 Å². The molecule has 5 heteroatoms. The van der Waals surface area contributed by atoms with E-state index in [-0.39, 0.29) is 29.6 Å². The van der Waals surface area contributed by atoms with Gasteiger partial charge in [0.05, 0.1) is 5.92 Å². The van der Waals surface area contributed by atoms with Gasteiger partial charge in [-0.15, -0.1) is 0 Å². The first-order chi connectivity index (χ1) is 12.0. The molecular formula is C20H16Cl3NO. The summed E-state index contributed by atoms with van der Waals surface area (Å²) in [7, 11) is 0. The zero-order valence-electron chi connectivity index (χ0n) is 13.3. The Hall–Kier alpha value is -1.48. The van der Waals surface area contributed by atoms with Gasteiger partial charge in [-0.25, -0.2) is 0 Å². The molecule has 0 radical (unpaired) electrons. The molecule has 1 aliphatic carbocycles. The van der Waals surface area contributed by atoms with E-state index in [1.165, 1.54) is 0 Å². The van der Waals surface area contributed by atoms with Crippen LogP contribution in [-0.4, -0.2) is 12.5 Å². The van der Waals surface area contributed by atoms with Gasteiger partial charge >= 0.3 is 0 Å². The number of halogens is 3. The summed E-state index contributed by atoms with van der Waals surface area (Å²) >= 11 is 18.6. The lowest BCUT2D eigenvalue weighted by Crippen LogP contribution is -2.29. The molecule has 2 nitrogen and oxygen atoms in total. The summed E-state index contributed by atoms with van der Waals surface area (Å²) < 4.78 is 0. The second kappa shape index (κ2) is 6.68. The fourth-order valence-corrected chi connectivity index (χ4v) is 4.73. The van der Waals surface area contributed by atoms with Crippen molar-refractivity contribution in [2.45, 2.75) is 11.8 Å². The quantitative estimate of drug-likeness (QED) is 0.677. The molecule has 2 aromatic carbocycles. The molecule has 1 amide bonds. The van der Waals surface area contributed by atoms with E-state index in [1.54, 1.807) is 6.07 Å². The maximum atomic E-state index is 12.2. The molecule has 0 unspecified atom stereocenters. The molecule has 4 rings (SSSR count). The lowest BCUT2D eigenvalue weighted by atomic mass is 9.67. The lowest BCUT2D eigenvalue weighted by Gasteiger charge is -2.36. The molecule has 0 spiro atoms. The summed E-state index contributed by atoms with van der Waals surface area (Å²) in [5.74, 6) is 0.420. The highest BCUT2D eigenvalue weighted by molar-refractivity contribution is 6.35. The van der Waals surface area contributed by atoms with Gasteiger partial charge in [-0.3, -0.25) is 4.79 Å². The molecule has 128 valence electrons. The van der Waals surface area contributed by atoms with Crippen LogP contribution in [0.4, 0.5) is 0 Å². The number of hydrogen-bond donors (Lipinski definition) is 1. The number of carbonyl (C=O) groups is 1. The molecule has 1 N–H and O–H groups in total. The SMILES string of the molecule is O=C1NC[C@H]2[C@H](c3ccc(Cl)cc3)[C@H](c3ccc(Cl)cc3Cl)C=C[C@@H]12. The summed E-state index contributed by atoms with van der Waals surface area (Å²) in [5, 5.41) is 4.97. The Labute approximate surface area is 161 Å². The molecule has 2 aromatic rings. The molecular weight excluding hydrogens is 377 g/mol. The van der Waals surface area contributed by atoms with Crippen molar-refractivity contribution in [3.63, 3.8) is 0 Å². The van der Waals surface area contributed by atoms with Crippen LogP contribution < -0.4 is 5.32 Å². The molecule has 0 aromatic heterocycles. The molecule has 1 fully saturated rings. The maximum absolute atomic E-state index is 12.2. The van der Waals surface area contributed by atoms with Gasteiger partial charge in [0, 0.05) is 27.5 Å². The van der Waals surface area contributed by atoms with Gasteiger partial charge < -0.3 is 5.32 Å². The van der Waals surface area contributed by atoms with Crippen molar-refractivity contribution < 1.29 is 4.79 Å². The first kappa shape index (κ1) is 17.0. The maximum Gasteiger partial charge on any atom is 0.227 e. The number of rotatable bonds is 2. The third-order valence-electron chi connectivity index (χ3n) is 5.23. The number of benzene rings is 2. The highest BCUT2D eigenvalue weighted by atomic mass is 35.5. The zero-order chi connectivity index (χ0) is 17.6. The van der Waals surface area contributed by atoms with E-state index >= 15 is 0 Å². The summed E-state index contributed by atoms with van der Waals surface area (Å²) in [6.45, 7) is 0.669. The van der Waals surface area contributed by atoms with Gasteiger partial charge in [-0.05, 0) is 47.2 Å². The van der Waals surface area contributed by atoms with E-state index < -0.39 is 0 Å². The molecule has 0 bridgehead atoms. The monoisotopic (exact) mass is 391 g/mol. The molecule has 1 saturated heterocycles. The van der Waals surface area contributed by atoms with Crippen molar-refractivity contribution in [3.8, 4) is 0 Å². The van der Waals surface area contributed by atoms with Crippen molar-refractivity contribution in [1.82, 2.24) is 5.32 Å². The van der Waals surface area contributed by atoms with Crippen molar-refractivity contribution in [2.24, 2.45) is 11.8 Å². The van der Waals surface area contributed by atoms with Crippen LogP contribution in [0.25, 0.3) is 0 Å². The second-order valence-electron chi connectivity index (χ2n) is 6.59. The summed E-state index contributed by atoms with van der Waals surface area (Å²) in [4.78, 5) is 12.2. The van der Waals surface area contributed by atoms with E-state index in [0.29, 0.717) is 21.6 Å². The van der Waals surface area contributed by atoms with E-state index in [1.807, 2.05) is 42.5 Å². The van der Waals surface area contributed by atoms with E-state index in [0.717, 1.165) is 11.1 Å². The average Bonchev–Trinajstić information content (AvgIpc) is 2.97. The topological polar surface area (TPSA) is 29.1 Å². The van der Waals surface area contributed by atoms with Crippen LogP contribution in [0.5, 0.6) is 0 Å². The predicted octanol–water partition coefficient (Wildman–Crippen LogP) is 5.45. The molecule has 0 saturated carbocycles. The van der Waals surface area contributed by atoms with Crippen LogP contribution in [0.15, 0.2) is 54.6 Å². The molecule has 1 aliphatic heterocycles. The molecule has 4 atom stereocenters. The van der Waals surface area contributed by atoms with Gasteiger partial charge in [0.15, 0.2) is 0 Å². The minimum Gasteiger partial charge on any atom is -0.355 e. The number of hydrogen-bond acceptors (Lipinski definition) is 1. The number of carbonyl (C=O) groups excluding carboxylic acids is 1. The zero-order valence-corrected chi connectivity index (χ0v) is 15.5. The first-order valence-electron chi connectivity index (χ1n) is 8.21. The Balaban J connectivity index is 1.83. The average molecular weight is 393 g/mol. The van der Waals surface area contributed by atoms with E-state index in [2.05, 4.69) is 11.4 Å². The number of allylic oxidation sites excluding steroid dienone is 1. The number of nitrogens with one attached hydrogen (secondary N) is 1. The van der Waals surface area contributed by atoms with Crippen LogP contribution in [0.3, 0.4) is 0 Å². The van der Waals surface area contributed by atoms with Gasteiger partial charge in [-0.1, -0.05) is 65.2 Å². The number of fused-ring (bicyclic) bond motifs is 1. The number of amides is 1. The fraction of sp³-hybridized carbons (Fsp3) is 0.250. The smallest absolute Gasteiger partial charge is 0.227 e. The molecule has 2 aliphatic rings. The Bertz CT molecular complexity index is 847. The predicted molar refractivity (Wildman–Crippen MR) is 103 cm³/mol. The third kappa shape index (κ3) is 3.08. The highest BCUT2D eigenvalue weighted by Gasteiger charge is 2.44. The summed E-state index contributed by atoms with van der Waals surface area (Å²) in [6.07, 6.45) is 4.13. The summed E-state index contributed by atoms with van der Waals surface area (Å²) in [5.41, 5.74) is 2.19. The van der Waals surface area contributed by atoms with Crippen molar-refractivity contribution in [2.75, 3.05) is 6.54 Å². The Morgan fingerprint density at radius 1 is 0.880 bits per heavy atom. The normalized spacial score (nSPS) is 27.9. The molecule has 25 heavy (non-hydrogen) atoms. The van der Waals surface area contributed by atoms with Crippen LogP contribution in [0.2, 0.25) is 15.1 Å². The molecule has 1 heterocycles. The van der Waals surface area contributed by atoms with Gasteiger partial charge in [0.2, 0.25) is 5.91 Å². The van der Waals surface area contributed by atoms with Crippen molar-refractivity contribution >= 4 is 40.7 Å². The minimum absolute atomic E-state index is 0.0832. The Morgan fingerprint density at radius 3 is 2.28 bits per heavy atom. The summed E-state index contributed by atoms with van der Waals surface area (Å²) in [6, 6.07) is 13.5. The van der Waals surface area contributed by atoms with Crippen LogP contribution >= 0.6 is 34.8 Å². The largest absolute Gasteiger partial charge is 0.355 e. The Kier molecular flexibility index (Phi) is 4.53. The standard InChI is InChI=1S/C20H16Cl3NO/c21-12-3-1-11(2-4-12)19-15(14-6-5-13(22)9-18(14)23)7-8-16-17(19)10-24-20(16)25/h1-9,15-17,19H,10H2,(H,24,25)/t15-,16+,17+,19+/m0/s1. The first-order valence-corrected chi connectivity index (χ1v) is 9.34. The lowest BCUT2D eigenvalue weighted by molar-refractivity contribution is -0.121. The van der Waals surface area contributed by atoms with Gasteiger partial charge in [0.25, 0.3) is 0 Å².